The van der Waals surface area contributed by atoms with Crippen molar-refractivity contribution in [3.63, 3.8) is 0 Å². The number of carboxylic acid groups (broad SMARTS) is 2. The summed E-state index contributed by atoms with van der Waals surface area (Å²) < 4.78 is 51.9. The average Bonchev–Trinajstić information content (AvgIpc) is 3.74. The van der Waals surface area contributed by atoms with Crippen LogP contribution in [0.15, 0.2) is 41.7 Å². The number of aliphatic hydroxyl groups excluding tert-OH is 2. The van der Waals surface area contributed by atoms with Gasteiger partial charge in [0, 0.05) is 30.8 Å². The van der Waals surface area contributed by atoms with Crippen LogP contribution in [0.5, 0.6) is 0 Å². The van der Waals surface area contributed by atoms with Gasteiger partial charge in [0.25, 0.3) is 11.5 Å². The minimum absolute atomic E-state index is 0.0281. The van der Waals surface area contributed by atoms with Crippen molar-refractivity contribution in [2.24, 2.45) is 0 Å². The topological polar surface area (TPSA) is 491 Å². The van der Waals surface area contributed by atoms with E-state index in [9.17, 15) is 48.0 Å². The van der Waals surface area contributed by atoms with Crippen LogP contribution in [0.3, 0.4) is 0 Å². The number of aromatic nitrogens is 6. The summed E-state index contributed by atoms with van der Waals surface area (Å²) in [6.07, 6.45) is -4.28. The van der Waals surface area contributed by atoms with E-state index in [0.717, 1.165) is 6.33 Å². The van der Waals surface area contributed by atoms with Crippen molar-refractivity contribution in [1.82, 2.24) is 34.8 Å². The first kappa shape index (κ1) is 48.4. The van der Waals surface area contributed by atoms with Crippen molar-refractivity contribution in [2.75, 3.05) is 47.1 Å². The van der Waals surface area contributed by atoms with Crippen LogP contribution in [0.2, 0.25) is 0 Å². The van der Waals surface area contributed by atoms with E-state index in [1.807, 2.05) is 0 Å². The number of carbonyl (C=O) groups excluding carboxylic acids is 1. The second-order valence-electron chi connectivity index (χ2n) is 13.2. The number of phosphoric acid groups is 3. The number of nitrogens with zero attached hydrogens (tertiary/aromatic N) is 5. The number of nitrogens with two attached hydrogens (primary N) is 2. The number of phosphoric ester groups is 1. The number of benzene rings is 1. The summed E-state index contributed by atoms with van der Waals surface area (Å²) in [5, 5.41) is 49.9. The minimum Gasteiger partial charge on any atom is -0.481 e. The van der Waals surface area contributed by atoms with E-state index in [1.54, 1.807) is 12.1 Å². The Morgan fingerprint density at radius 2 is 1.68 bits per heavy atom. The number of imidazole rings is 1. The molecule has 8 atom stereocenters. The van der Waals surface area contributed by atoms with Gasteiger partial charge in [-0.3, -0.25) is 23.5 Å². The number of anilines is 5. The molecule has 6 rings (SSSR count). The zero-order chi connectivity index (χ0) is 46.4. The number of carboxylic acids is 2. The second-order valence-corrected chi connectivity index (χ2v) is 17.6. The fourth-order valence-corrected chi connectivity index (χ4v) is 8.76. The normalized spacial score (nSPS) is 21.8. The SMILES string of the molecule is Nc1nc(=O)c2c([nH]1)NCC(CNc1ccc(C(=O)N[C@@H](CCC(=O)O)C(=O)O)cc1)N2.Nc1ncnc2c1ncn2[C@@H]1O[C@H](COP(=O)(O)OP(=O)(O)OP(=O)(O)O)[C@@H](O)[C@H]1O. The molecule has 31 nitrogen and oxygen atoms in total. The van der Waals surface area contributed by atoms with Crippen LogP contribution in [-0.4, -0.2) is 137 Å². The van der Waals surface area contributed by atoms with Crippen molar-refractivity contribution in [1.29, 1.82) is 0 Å². The number of nitrogen functional groups attached to an aromatic ring is 2. The zero-order valence-electron chi connectivity index (χ0n) is 31.8. The highest BCUT2D eigenvalue weighted by Gasteiger charge is 2.47. The third-order valence-corrected chi connectivity index (χ3v) is 12.4. The number of aliphatic hydroxyl groups is 2. The number of hydrogen-bond donors (Lipinski definition) is 15. The zero-order valence-corrected chi connectivity index (χ0v) is 34.4. The summed E-state index contributed by atoms with van der Waals surface area (Å²) in [5.41, 5.74) is 12.3. The molecule has 1 aromatic carbocycles. The van der Waals surface area contributed by atoms with E-state index < -0.39 is 84.1 Å². The Labute approximate surface area is 351 Å². The van der Waals surface area contributed by atoms with E-state index in [4.69, 9.17) is 41.1 Å². The summed E-state index contributed by atoms with van der Waals surface area (Å²) in [6, 6.07) is 4.93. The number of hydrogen-bond acceptors (Lipinski definition) is 22. The molecule has 3 aromatic heterocycles. The summed E-state index contributed by atoms with van der Waals surface area (Å²) in [4.78, 5) is 99.8. The Kier molecular flexibility index (Phi) is 15.2. The van der Waals surface area contributed by atoms with Gasteiger partial charge in [0.1, 0.15) is 47.7 Å². The maximum atomic E-state index is 12.3. The highest BCUT2D eigenvalue weighted by atomic mass is 31.3. The standard InChI is InChI=1S/C19H23N7O6.C10H16N5O13P3/c20-19-25-15-14(17(30)26-19)23-11(8-22-15)7-21-10-3-1-9(2-4-10)16(29)24-12(18(31)32)5-6-13(27)28;11-8-5-9(13-2-12-8)15(3-14-5)10-7(17)6(16)4(26-10)1-25-30(21,22)28-31(23,24)27-29(18,19)20/h1-4,11-12,21,23H,5-8H2,(H,24,29)(H,27,28)(H,31,32)(H4,20,22,25,26,30);2-4,6-7,10,16-17H,1H2,(H,21,22)(H,23,24)(H2,11,12,13)(H2,18,19,20)/t11?,12-;4-,6-,7-,10-/m01/s1. The van der Waals surface area contributed by atoms with Gasteiger partial charge in [-0.2, -0.15) is 13.6 Å². The van der Waals surface area contributed by atoms with Gasteiger partial charge in [-0.25, -0.2) is 33.4 Å². The highest BCUT2D eigenvalue weighted by molar-refractivity contribution is 7.66. The quantitative estimate of drug-likeness (QED) is 0.0513. The molecule has 0 aliphatic carbocycles. The molecule has 3 unspecified atom stereocenters. The van der Waals surface area contributed by atoms with Crippen molar-refractivity contribution in [2.45, 2.75) is 49.5 Å². The van der Waals surface area contributed by atoms with Gasteiger partial charge in [-0.05, 0) is 30.7 Å². The predicted octanol–water partition coefficient (Wildman–Crippen LogP) is -1.91. The van der Waals surface area contributed by atoms with Crippen molar-refractivity contribution >= 4 is 81.4 Å². The Hall–Kier alpha value is -5.65. The molecule has 0 saturated carbocycles. The number of ether oxygens (including phenoxy) is 1. The largest absolute Gasteiger partial charge is 0.490 e. The Morgan fingerprint density at radius 1 is 0.984 bits per heavy atom. The Morgan fingerprint density at radius 3 is 2.33 bits per heavy atom. The second kappa shape index (κ2) is 19.8. The Bertz CT molecular complexity index is 2520. The highest BCUT2D eigenvalue weighted by Crippen LogP contribution is 2.66. The van der Waals surface area contributed by atoms with Gasteiger partial charge in [0.15, 0.2) is 17.7 Å². The Balaban J connectivity index is 0.000000238. The fraction of sp³-hybridized carbons (Fsp3) is 0.379. The van der Waals surface area contributed by atoms with Crippen molar-refractivity contribution < 1.29 is 86.0 Å². The van der Waals surface area contributed by atoms with E-state index >= 15 is 0 Å². The van der Waals surface area contributed by atoms with Crippen LogP contribution in [0.1, 0.15) is 29.4 Å². The van der Waals surface area contributed by atoms with Crippen LogP contribution in [-0.2, 0) is 41.2 Å². The van der Waals surface area contributed by atoms with E-state index in [2.05, 4.69) is 59.3 Å². The van der Waals surface area contributed by atoms with Gasteiger partial charge in [0.05, 0.1) is 19.0 Å². The first-order valence-electron chi connectivity index (χ1n) is 17.6. The average molecular weight is 953 g/mol. The van der Waals surface area contributed by atoms with Gasteiger partial charge < -0.3 is 82.5 Å². The maximum Gasteiger partial charge on any atom is 0.490 e. The number of nitrogens with one attached hydrogen (secondary N) is 5. The number of aliphatic carboxylic acids is 2. The first-order valence-corrected chi connectivity index (χ1v) is 22.2. The molecule has 17 N–H and O–H groups in total. The summed E-state index contributed by atoms with van der Waals surface area (Å²) >= 11 is 0. The molecule has 1 saturated heterocycles. The molecule has 1 fully saturated rings. The molecule has 0 radical (unpaired) electrons. The number of H-pyrrole nitrogens is 1. The lowest BCUT2D eigenvalue weighted by Crippen LogP contribution is -2.41. The molecular formula is C29H39N12O19P3. The van der Waals surface area contributed by atoms with Crippen LogP contribution >= 0.6 is 23.5 Å². The van der Waals surface area contributed by atoms with E-state index in [-0.39, 0.29) is 47.4 Å². The van der Waals surface area contributed by atoms with Gasteiger partial charge >= 0.3 is 35.4 Å². The van der Waals surface area contributed by atoms with Gasteiger partial charge in [0.2, 0.25) is 5.95 Å². The van der Waals surface area contributed by atoms with Gasteiger partial charge in [-0.1, -0.05) is 0 Å². The number of carbonyl (C=O) groups is 3. The molecule has 2 aliphatic rings. The van der Waals surface area contributed by atoms with E-state index in [1.165, 1.54) is 23.0 Å². The predicted molar refractivity (Wildman–Crippen MR) is 211 cm³/mol. The third kappa shape index (κ3) is 13.2. The molecule has 4 aromatic rings. The number of rotatable bonds is 17. The van der Waals surface area contributed by atoms with Crippen LogP contribution < -0.4 is 38.3 Å². The lowest BCUT2D eigenvalue weighted by molar-refractivity contribution is -0.140. The fourth-order valence-electron chi connectivity index (χ4n) is 5.73. The summed E-state index contributed by atoms with van der Waals surface area (Å²) in [6.45, 7) is 0.0209. The molecule has 1 amide bonds. The summed E-state index contributed by atoms with van der Waals surface area (Å²) in [7, 11) is -16.7. The van der Waals surface area contributed by atoms with Gasteiger partial charge in [-0.15, -0.1) is 0 Å². The number of amides is 1. The molecule has 34 heteroatoms. The van der Waals surface area contributed by atoms with Crippen molar-refractivity contribution in [3.8, 4) is 0 Å². The molecule has 63 heavy (non-hydrogen) atoms. The molecular weight excluding hydrogens is 913 g/mol. The molecule has 5 heterocycles. The number of aromatic amines is 1. The first-order chi connectivity index (χ1) is 29.4. The van der Waals surface area contributed by atoms with E-state index in [0.29, 0.717) is 30.3 Å². The lowest BCUT2D eigenvalue weighted by atomic mass is 10.1. The molecule has 0 bridgehead atoms. The molecule has 0 spiro atoms. The van der Waals surface area contributed by atoms with Crippen LogP contribution in [0, 0.1) is 0 Å². The number of fused-ring (bicyclic) bond motifs is 2. The van der Waals surface area contributed by atoms with Crippen molar-refractivity contribution in [3.05, 3.63) is 52.8 Å². The van der Waals surface area contributed by atoms with Crippen LogP contribution in [0.4, 0.5) is 29.0 Å². The maximum absolute atomic E-state index is 12.3. The third-order valence-electron chi connectivity index (χ3n) is 8.58. The van der Waals surface area contributed by atoms with Crippen LogP contribution in [0.25, 0.3) is 11.2 Å². The monoisotopic (exact) mass is 952 g/mol. The minimum atomic E-state index is -5.70. The smallest absolute Gasteiger partial charge is 0.481 e. The lowest BCUT2D eigenvalue weighted by Gasteiger charge is -2.27. The summed E-state index contributed by atoms with van der Waals surface area (Å²) in [5.74, 6) is -2.50. The molecule has 2 aliphatic heterocycles. The molecule has 344 valence electrons.